The van der Waals surface area contributed by atoms with Crippen LogP contribution in [0.15, 0.2) is 18.3 Å². The van der Waals surface area contributed by atoms with Gasteiger partial charge >= 0.3 is 12.1 Å². The summed E-state index contributed by atoms with van der Waals surface area (Å²) in [6.45, 7) is 6.93. The molecule has 0 saturated carbocycles. The quantitative estimate of drug-likeness (QED) is 0.654. The van der Waals surface area contributed by atoms with Gasteiger partial charge in [0.25, 0.3) is 0 Å². The average molecular weight is 463 g/mol. The van der Waals surface area contributed by atoms with Crippen molar-refractivity contribution in [3.05, 3.63) is 29.7 Å². The van der Waals surface area contributed by atoms with Gasteiger partial charge in [0.15, 0.2) is 0 Å². The molecular weight excluding hydrogens is 431 g/mol. The molecule has 1 saturated heterocycles. The topological polar surface area (TPSA) is 103 Å². The van der Waals surface area contributed by atoms with Crippen LogP contribution in [0.5, 0.6) is 5.88 Å². The number of piperidine rings is 1. The van der Waals surface area contributed by atoms with Crippen molar-refractivity contribution in [2.75, 3.05) is 33.9 Å². The van der Waals surface area contributed by atoms with Crippen molar-refractivity contribution < 1.29 is 28.2 Å². The largest absolute Gasteiger partial charge is 0.481 e. The Morgan fingerprint density at radius 2 is 1.94 bits per heavy atom. The summed E-state index contributed by atoms with van der Waals surface area (Å²) >= 11 is 0. The average Bonchev–Trinajstić information content (AvgIpc) is 2.76. The van der Waals surface area contributed by atoms with E-state index in [4.69, 9.17) is 14.2 Å². The number of fused-ring (bicyclic) bond motifs is 1. The summed E-state index contributed by atoms with van der Waals surface area (Å²) in [6, 6.07) is 3.27. The Kier molecular flexibility index (Phi) is 7.68. The van der Waals surface area contributed by atoms with Gasteiger partial charge in [0, 0.05) is 37.3 Å². The number of ether oxygens (including phenoxy) is 3. The molecule has 2 aromatic rings. The molecule has 0 radical (unpaired) electrons. The summed E-state index contributed by atoms with van der Waals surface area (Å²) in [6.07, 6.45) is 2.01. The second kappa shape index (κ2) is 10.3. The number of methoxy groups -OCH3 is 2. The third kappa shape index (κ3) is 6.28. The Labute approximate surface area is 192 Å². The first kappa shape index (κ1) is 24.6. The first-order valence-corrected chi connectivity index (χ1v) is 10.9. The highest BCUT2D eigenvalue weighted by atomic mass is 19.1. The fourth-order valence-electron chi connectivity index (χ4n) is 3.91. The number of aromatic nitrogens is 2. The van der Waals surface area contributed by atoms with Gasteiger partial charge in [-0.1, -0.05) is 0 Å². The van der Waals surface area contributed by atoms with E-state index in [0.717, 1.165) is 6.20 Å². The van der Waals surface area contributed by atoms with Crippen LogP contribution in [0, 0.1) is 5.82 Å². The van der Waals surface area contributed by atoms with Crippen LogP contribution >= 0.6 is 0 Å². The minimum absolute atomic E-state index is 0.0305. The number of hydrogen-bond acceptors (Lipinski definition) is 8. The summed E-state index contributed by atoms with van der Waals surface area (Å²) in [5.41, 5.74) is 0.305. The molecule has 0 aliphatic carbocycles. The predicted molar refractivity (Wildman–Crippen MR) is 120 cm³/mol. The molecule has 3 rings (SSSR count). The van der Waals surface area contributed by atoms with Crippen molar-refractivity contribution in [3.8, 4) is 5.88 Å². The number of halogens is 1. The molecule has 0 aromatic carbocycles. The van der Waals surface area contributed by atoms with Crippen molar-refractivity contribution in [2.45, 2.75) is 51.2 Å². The Bertz CT molecular complexity index is 1000. The van der Waals surface area contributed by atoms with E-state index in [1.54, 1.807) is 12.1 Å². The molecule has 10 heteroatoms. The van der Waals surface area contributed by atoms with Gasteiger partial charge in [-0.05, 0) is 39.7 Å². The Morgan fingerprint density at radius 1 is 1.24 bits per heavy atom. The van der Waals surface area contributed by atoms with Crippen molar-refractivity contribution in [2.24, 2.45) is 0 Å². The van der Waals surface area contributed by atoms with Crippen molar-refractivity contribution in [1.82, 2.24) is 20.2 Å². The van der Waals surface area contributed by atoms with Gasteiger partial charge in [-0.15, -0.1) is 0 Å². The highest BCUT2D eigenvalue weighted by molar-refractivity contribution is 5.87. The highest BCUT2D eigenvalue weighted by Crippen LogP contribution is 2.30. The maximum Gasteiger partial charge on any atom is 0.407 e. The maximum atomic E-state index is 15.0. The normalized spacial score (nSPS) is 16.3. The van der Waals surface area contributed by atoms with Crippen LogP contribution in [0.4, 0.5) is 9.18 Å². The number of likely N-dealkylation sites (tertiary alicyclic amines) is 1. The monoisotopic (exact) mass is 462 g/mol. The number of nitrogens with one attached hydrogen (secondary N) is 1. The molecule has 2 aromatic heterocycles. The van der Waals surface area contributed by atoms with Gasteiger partial charge in [0.2, 0.25) is 5.88 Å². The number of hydrogen-bond donors (Lipinski definition) is 1. The summed E-state index contributed by atoms with van der Waals surface area (Å²) in [5.74, 6) is -1.77. The zero-order valence-corrected chi connectivity index (χ0v) is 19.7. The molecule has 3 heterocycles. The standard InChI is InChI=1S/C23H31FN4O5/c1-23(2,3)33-22(30)26-14-8-10-28(11-9-14)13-15(21(29)32-5)19-16(24)12-25-17-6-7-18(31-4)27-20(17)19/h6-7,12,14-15H,8-11,13H2,1-5H3,(H,26,30). The van der Waals surface area contributed by atoms with Gasteiger partial charge in [0.1, 0.15) is 11.4 Å². The Hall–Kier alpha value is -3.01. The molecule has 1 amide bonds. The van der Waals surface area contributed by atoms with Gasteiger partial charge in [-0.2, -0.15) is 0 Å². The van der Waals surface area contributed by atoms with E-state index in [9.17, 15) is 14.0 Å². The molecule has 33 heavy (non-hydrogen) atoms. The number of carbonyl (C=O) groups excluding carboxylic acids is 2. The summed E-state index contributed by atoms with van der Waals surface area (Å²) in [7, 11) is 2.75. The van der Waals surface area contributed by atoms with Crippen molar-refractivity contribution in [1.29, 1.82) is 0 Å². The fraction of sp³-hybridized carbons (Fsp3) is 0.565. The number of rotatable bonds is 6. The Morgan fingerprint density at radius 3 is 2.55 bits per heavy atom. The molecule has 180 valence electrons. The molecule has 1 aliphatic rings. The van der Waals surface area contributed by atoms with Crippen LogP contribution in [0.1, 0.15) is 45.1 Å². The smallest absolute Gasteiger partial charge is 0.407 e. The van der Waals surface area contributed by atoms with Crippen molar-refractivity contribution >= 4 is 23.1 Å². The molecule has 1 aliphatic heterocycles. The number of esters is 1. The highest BCUT2D eigenvalue weighted by Gasteiger charge is 2.32. The second-order valence-electron chi connectivity index (χ2n) is 9.04. The van der Waals surface area contributed by atoms with Crippen LogP contribution in [-0.4, -0.2) is 72.4 Å². The molecule has 1 N–H and O–H groups in total. The molecular formula is C23H31FN4O5. The zero-order valence-electron chi connectivity index (χ0n) is 19.7. The minimum atomic E-state index is -0.893. The number of alkyl carbamates (subject to hydrolysis) is 1. The lowest BCUT2D eigenvalue weighted by atomic mass is 9.95. The third-order valence-electron chi connectivity index (χ3n) is 5.47. The predicted octanol–water partition coefficient (Wildman–Crippen LogP) is 3.02. The number of nitrogens with zero attached hydrogens (tertiary/aromatic N) is 3. The molecule has 0 spiro atoms. The van der Waals surface area contributed by atoms with E-state index in [1.165, 1.54) is 14.2 Å². The van der Waals surface area contributed by atoms with Gasteiger partial charge in [0.05, 0.1) is 37.4 Å². The van der Waals surface area contributed by atoms with Gasteiger partial charge < -0.3 is 24.4 Å². The van der Waals surface area contributed by atoms with E-state index in [2.05, 4.69) is 20.2 Å². The number of amides is 1. The number of carbonyl (C=O) groups is 2. The molecule has 1 fully saturated rings. The Balaban J connectivity index is 1.75. The van der Waals surface area contributed by atoms with E-state index < -0.39 is 29.4 Å². The van der Waals surface area contributed by atoms with Gasteiger partial charge in [-0.25, -0.2) is 14.2 Å². The molecule has 1 unspecified atom stereocenters. The van der Waals surface area contributed by atoms with Crippen molar-refractivity contribution in [3.63, 3.8) is 0 Å². The summed E-state index contributed by atoms with van der Waals surface area (Å²) in [5, 5.41) is 2.89. The first-order valence-electron chi connectivity index (χ1n) is 10.9. The zero-order chi connectivity index (χ0) is 24.2. The number of pyridine rings is 2. The lowest BCUT2D eigenvalue weighted by Gasteiger charge is -2.34. The minimum Gasteiger partial charge on any atom is -0.481 e. The first-order chi connectivity index (χ1) is 15.6. The molecule has 1 atom stereocenters. The maximum absolute atomic E-state index is 15.0. The van der Waals surface area contributed by atoms with E-state index >= 15 is 0 Å². The van der Waals surface area contributed by atoms with Crippen LogP contribution in [-0.2, 0) is 14.3 Å². The molecule has 0 bridgehead atoms. The van der Waals surface area contributed by atoms with Crippen LogP contribution < -0.4 is 10.1 Å². The van der Waals surface area contributed by atoms with E-state index in [1.807, 2.05) is 20.8 Å². The van der Waals surface area contributed by atoms with Crippen LogP contribution in [0.2, 0.25) is 0 Å². The van der Waals surface area contributed by atoms with Crippen LogP contribution in [0.25, 0.3) is 11.0 Å². The summed E-state index contributed by atoms with van der Waals surface area (Å²) < 4.78 is 30.5. The van der Waals surface area contributed by atoms with Gasteiger partial charge in [-0.3, -0.25) is 9.78 Å². The van der Waals surface area contributed by atoms with Crippen LogP contribution in [0.3, 0.4) is 0 Å². The summed E-state index contributed by atoms with van der Waals surface area (Å²) in [4.78, 5) is 35.2. The lowest BCUT2D eigenvalue weighted by molar-refractivity contribution is -0.143. The molecule has 9 nitrogen and oxygen atoms in total. The third-order valence-corrected chi connectivity index (χ3v) is 5.47. The lowest BCUT2D eigenvalue weighted by Crippen LogP contribution is -2.47. The SMILES string of the molecule is COC(=O)C(CN1CCC(NC(=O)OC(C)(C)C)CC1)c1c(F)cnc2ccc(OC)nc12. The second-order valence-corrected chi connectivity index (χ2v) is 9.04. The fourth-order valence-corrected chi connectivity index (χ4v) is 3.91. The van der Waals surface area contributed by atoms with E-state index in [0.29, 0.717) is 37.3 Å². The van der Waals surface area contributed by atoms with E-state index in [-0.39, 0.29) is 23.7 Å².